The van der Waals surface area contributed by atoms with Gasteiger partial charge < -0.3 is 0 Å². The average molecular weight is 703 g/mol. The molecule has 9 atom stereocenters. The monoisotopic (exact) mass is 702 g/mol. The summed E-state index contributed by atoms with van der Waals surface area (Å²) in [6.45, 7) is 2.47. The van der Waals surface area contributed by atoms with Crippen LogP contribution in [-0.4, -0.2) is 5.25 Å². The van der Waals surface area contributed by atoms with Crippen molar-refractivity contribution in [1.29, 1.82) is 0 Å². The summed E-state index contributed by atoms with van der Waals surface area (Å²) in [5.74, 6) is 3.69. The minimum absolute atomic E-state index is 0.336. The Morgan fingerprint density at radius 3 is 2.06 bits per heavy atom. The van der Waals surface area contributed by atoms with Gasteiger partial charge in [-0.1, -0.05) is 170 Å². The Bertz CT molecular complexity index is 2450. The second-order valence-electron chi connectivity index (χ2n) is 16.7. The largest absolute Gasteiger partial charge is 0.121 e. The van der Waals surface area contributed by atoms with E-state index in [4.69, 9.17) is 0 Å². The maximum atomic E-state index is 2.82. The van der Waals surface area contributed by atoms with E-state index in [0.29, 0.717) is 52.6 Å². The van der Waals surface area contributed by atoms with Crippen molar-refractivity contribution in [3.8, 4) is 0 Å². The van der Waals surface area contributed by atoms with Crippen LogP contribution in [0, 0.1) is 35.5 Å². The smallest absolute Gasteiger partial charge is 0.0378 e. The zero-order valence-electron chi connectivity index (χ0n) is 30.4. The average Bonchev–Trinajstić information content (AvgIpc) is 3.48. The number of benzene rings is 4. The summed E-state index contributed by atoms with van der Waals surface area (Å²) in [5.41, 5.74) is 11.1. The van der Waals surface area contributed by atoms with E-state index in [0.717, 1.165) is 12.8 Å². The first-order chi connectivity index (χ1) is 26.2. The van der Waals surface area contributed by atoms with Crippen molar-refractivity contribution in [1.82, 2.24) is 0 Å². The summed E-state index contributed by atoms with van der Waals surface area (Å²) in [7, 11) is 0. The van der Waals surface area contributed by atoms with Gasteiger partial charge in [-0.15, -0.1) is 11.8 Å². The van der Waals surface area contributed by atoms with Crippen LogP contribution in [0.1, 0.15) is 55.6 Å². The molecule has 1 heterocycles. The van der Waals surface area contributed by atoms with Gasteiger partial charge in [0, 0.05) is 34.8 Å². The lowest BCUT2D eigenvalue weighted by atomic mass is 9.55. The van der Waals surface area contributed by atoms with Crippen LogP contribution in [-0.2, 0) is 0 Å². The Balaban J connectivity index is 1.11. The number of hydrogen-bond acceptors (Lipinski definition) is 1. The molecule has 0 nitrogen and oxygen atoms in total. The van der Waals surface area contributed by atoms with Gasteiger partial charge in [-0.2, -0.15) is 0 Å². The minimum Gasteiger partial charge on any atom is -0.121 e. The molecule has 0 spiro atoms. The maximum Gasteiger partial charge on any atom is 0.0378 e. The van der Waals surface area contributed by atoms with E-state index in [2.05, 4.69) is 177 Å². The summed E-state index contributed by atoms with van der Waals surface area (Å²) < 4.78 is 0. The molecule has 6 aliphatic carbocycles. The van der Waals surface area contributed by atoms with E-state index in [1.807, 2.05) is 0 Å². The maximum absolute atomic E-state index is 2.82. The first kappa shape index (κ1) is 31.9. The molecule has 4 aromatic rings. The fourth-order valence-electron chi connectivity index (χ4n) is 11.3. The zero-order chi connectivity index (χ0) is 35.0. The highest BCUT2D eigenvalue weighted by molar-refractivity contribution is 8.04. The first-order valence-electron chi connectivity index (χ1n) is 20.1. The highest BCUT2D eigenvalue weighted by Gasteiger charge is 2.47. The molecule has 9 unspecified atom stereocenters. The van der Waals surface area contributed by atoms with E-state index in [9.17, 15) is 0 Å². The zero-order valence-corrected chi connectivity index (χ0v) is 31.3. The molecule has 0 bridgehead atoms. The summed E-state index contributed by atoms with van der Waals surface area (Å²) in [6, 6.07) is 32.7. The van der Waals surface area contributed by atoms with Gasteiger partial charge in [0.15, 0.2) is 0 Å². The van der Waals surface area contributed by atoms with Crippen LogP contribution in [0.3, 0.4) is 0 Å². The van der Waals surface area contributed by atoms with Crippen LogP contribution in [0.25, 0.3) is 21.5 Å². The van der Waals surface area contributed by atoms with Gasteiger partial charge >= 0.3 is 0 Å². The molecule has 7 aliphatic rings. The van der Waals surface area contributed by atoms with Crippen LogP contribution in [0.15, 0.2) is 191 Å². The molecule has 1 heteroatoms. The molecule has 0 saturated carbocycles. The molecule has 4 aromatic carbocycles. The Kier molecular flexibility index (Phi) is 7.69. The second-order valence-corrected chi connectivity index (χ2v) is 17.9. The quantitative estimate of drug-likeness (QED) is 0.205. The molecule has 0 N–H and O–H groups in total. The molecule has 11 rings (SSSR count). The van der Waals surface area contributed by atoms with Gasteiger partial charge in [0.2, 0.25) is 0 Å². The van der Waals surface area contributed by atoms with Gasteiger partial charge in [0.1, 0.15) is 0 Å². The predicted molar refractivity (Wildman–Crippen MR) is 226 cm³/mol. The molecule has 0 fully saturated rings. The highest BCUT2D eigenvalue weighted by atomic mass is 32.2. The number of hydrogen-bond donors (Lipinski definition) is 0. The fourth-order valence-corrected chi connectivity index (χ4v) is 12.8. The van der Waals surface area contributed by atoms with Crippen molar-refractivity contribution < 1.29 is 0 Å². The molecular formula is C52H46S. The van der Waals surface area contributed by atoms with Crippen molar-refractivity contribution in [3.05, 3.63) is 202 Å². The minimum atomic E-state index is 0.336. The van der Waals surface area contributed by atoms with Crippen molar-refractivity contribution in [2.24, 2.45) is 35.5 Å². The number of fused-ring (bicyclic) bond motifs is 7. The highest BCUT2D eigenvalue weighted by Crippen LogP contribution is 2.61. The van der Waals surface area contributed by atoms with E-state index in [-0.39, 0.29) is 0 Å². The van der Waals surface area contributed by atoms with Crippen molar-refractivity contribution in [2.45, 2.75) is 49.7 Å². The van der Waals surface area contributed by atoms with E-state index in [1.165, 1.54) is 45.5 Å². The molecule has 0 saturated heterocycles. The Hall–Kier alpha value is -4.59. The van der Waals surface area contributed by atoms with Crippen LogP contribution >= 0.6 is 11.8 Å². The van der Waals surface area contributed by atoms with Crippen LogP contribution in [0.4, 0.5) is 0 Å². The van der Waals surface area contributed by atoms with Gasteiger partial charge in [-0.25, -0.2) is 0 Å². The Morgan fingerprint density at radius 2 is 1.30 bits per heavy atom. The molecule has 0 aromatic heterocycles. The molecule has 0 amide bonds. The topological polar surface area (TPSA) is 0 Å². The number of rotatable bonds is 3. The molecule has 260 valence electrons. The predicted octanol–water partition coefficient (Wildman–Crippen LogP) is 13.5. The molecular weight excluding hydrogens is 657 g/mol. The summed E-state index contributed by atoms with van der Waals surface area (Å²) >= 11 is 2.12. The summed E-state index contributed by atoms with van der Waals surface area (Å²) in [4.78, 5) is 1.61. The van der Waals surface area contributed by atoms with Gasteiger partial charge in [-0.05, 0) is 103 Å². The lowest BCUT2D eigenvalue weighted by molar-refractivity contribution is 0.262. The van der Waals surface area contributed by atoms with E-state index < -0.39 is 0 Å². The van der Waals surface area contributed by atoms with Gasteiger partial charge in [0.25, 0.3) is 0 Å². The Morgan fingerprint density at radius 1 is 0.642 bits per heavy atom. The standard InChI is InChI=1S/C52H46S/c1-32-11-10-19-42-46(27-32)51(39-24-22-34-13-3-5-15-36(34)29-39)43-26-25-37(30-47(43)50(42)38-23-21-33-12-2-4-14-35(33)28-38)45-31-48-41-17-8-9-20-49(41)53-52(48)44-18-7-6-16-40(44)45/h2-10,12-24,28-32,40-41,43-44,47,49-51H,11,25-27H2,1H3. The summed E-state index contributed by atoms with van der Waals surface area (Å²) in [5, 5.41) is 5.91. The first-order valence-corrected chi connectivity index (χ1v) is 21.0. The SMILES string of the molecule is CC1CC=CC2=C(C1)C(c1ccc3ccccc3c1)C1CCC(C3=CC4=C(SC5C=CC=CC45)C4C=CC=CC34)=CC1C2c1ccc2ccccc2c1. The van der Waals surface area contributed by atoms with E-state index >= 15 is 0 Å². The normalized spacial score (nSPS) is 32.5. The third-order valence-corrected chi connectivity index (χ3v) is 15.2. The van der Waals surface area contributed by atoms with Crippen LogP contribution in [0.5, 0.6) is 0 Å². The molecule has 0 radical (unpaired) electrons. The van der Waals surface area contributed by atoms with Crippen molar-refractivity contribution >= 4 is 33.3 Å². The lowest BCUT2D eigenvalue weighted by Gasteiger charge is -2.48. The van der Waals surface area contributed by atoms with Gasteiger partial charge in [-0.3, -0.25) is 0 Å². The number of thioether (sulfide) groups is 1. The Labute approximate surface area is 318 Å². The van der Waals surface area contributed by atoms with Crippen LogP contribution in [0.2, 0.25) is 0 Å². The molecule has 53 heavy (non-hydrogen) atoms. The van der Waals surface area contributed by atoms with Gasteiger partial charge in [0.05, 0.1) is 0 Å². The van der Waals surface area contributed by atoms with E-state index in [1.54, 1.807) is 32.8 Å². The third kappa shape index (κ3) is 5.25. The third-order valence-electron chi connectivity index (χ3n) is 13.7. The fraction of sp³-hybridized carbons (Fsp3) is 0.269. The second kappa shape index (κ2) is 12.8. The van der Waals surface area contributed by atoms with Crippen molar-refractivity contribution in [2.75, 3.05) is 0 Å². The lowest BCUT2D eigenvalue weighted by Crippen LogP contribution is -2.36. The number of allylic oxidation sites excluding steroid dienone is 17. The molecule has 1 aliphatic heterocycles. The van der Waals surface area contributed by atoms with Crippen LogP contribution < -0.4 is 0 Å². The summed E-state index contributed by atoms with van der Waals surface area (Å²) in [6.07, 6.45) is 34.3. The van der Waals surface area contributed by atoms with Crippen molar-refractivity contribution in [3.63, 3.8) is 0 Å².